The first kappa shape index (κ1) is 10.5. The van der Waals surface area contributed by atoms with Crippen molar-refractivity contribution in [2.24, 2.45) is 0 Å². The number of hydrogen-bond acceptors (Lipinski definition) is 3. The summed E-state index contributed by atoms with van der Waals surface area (Å²) in [5.41, 5.74) is 0. The smallest absolute Gasteiger partial charge is 0.294 e. The third-order valence-electron chi connectivity index (χ3n) is 0.897. The van der Waals surface area contributed by atoms with Gasteiger partial charge in [0.25, 0.3) is 5.09 Å². The normalized spacial score (nSPS) is 8.08. The molecule has 5 heteroatoms. The predicted octanol–water partition coefficient (Wildman–Crippen LogP) is 1.62. The monoisotopic (exact) mass is 172 g/mol. The zero-order chi connectivity index (χ0) is 9.23. The molecule has 1 rings (SSSR count). The number of hydrogen-bond donors (Lipinski definition) is 1. The van der Waals surface area contributed by atoms with Gasteiger partial charge in [-0.15, -0.1) is 10.1 Å². The summed E-state index contributed by atoms with van der Waals surface area (Å²) in [5, 5.41) is 8.55. The summed E-state index contributed by atoms with van der Waals surface area (Å²) in [4.78, 5) is 16.1. The maximum Gasteiger partial charge on any atom is 0.294 e. The minimum atomic E-state index is -0.788. The van der Waals surface area contributed by atoms with Crippen LogP contribution in [0.15, 0.2) is 24.5 Å². The number of aromatic amines is 1. The Kier molecular flexibility index (Phi) is 6.62. The van der Waals surface area contributed by atoms with Gasteiger partial charge in [-0.2, -0.15) is 0 Å². The molecule has 0 bridgehead atoms. The summed E-state index contributed by atoms with van der Waals surface area (Å²) in [7, 11) is 0. The first-order chi connectivity index (χ1) is 5.77. The van der Waals surface area contributed by atoms with Crippen molar-refractivity contribution in [3.8, 4) is 0 Å². The largest absolute Gasteiger partial charge is 0.368 e. The summed E-state index contributed by atoms with van der Waals surface area (Å²) in [5.74, 6) is 0. The lowest BCUT2D eigenvalue weighted by molar-refractivity contribution is -0.757. The standard InChI is InChI=1S/C4H5N.C3H7NO3/c1-2-4-5-3-1;1-2-3-7-4(5)6/h1-5H;2-3H2,1H3. The first-order valence-corrected chi connectivity index (χ1v) is 3.62. The van der Waals surface area contributed by atoms with Gasteiger partial charge < -0.3 is 9.82 Å². The van der Waals surface area contributed by atoms with Crippen LogP contribution in [0.2, 0.25) is 0 Å². The maximum absolute atomic E-state index is 9.34. The lowest BCUT2D eigenvalue weighted by Crippen LogP contribution is -1.99. The van der Waals surface area contributed by atoms with E-state index in [1.165, 1.54) is 0 Å². The molecule has 1 N–H and O–H groups in total. The Morgan fingerprint density at radius 3 is 2.25 bits per heavy atom. The summed E-state index contributed by atoms with van der Waals surface area (Å²) < 4.78 is 0. The minimum Gasteiger partial charge on any atom is -0.368 e. The molecule has 0 atom stereocenters. The molecule has 0 unspecified atom stereocenters. The van der Waals surface area contributed by atoms with Crippen LogP contribution < -0.4 is 0 Å². The molecule has 0 aliphatic carbocycles. The molecular formula is C7H12N2O3. The fourth-order valence-electron chi connectivity index (χ4n) is 0.444. The van der Waals surface area contributed by atoms with Gasteiger partial charge in [0.05, 0.1) is 6.61 Å². The van der Waals surface area contributed by atoms with Crippen molar-refractivity contribution in [1.29, 1.82) is 0 Å². The second kappa shape index (κ2) is 7.59. The molecule has 68 valence electrons. The Labute approximate surface area is 70.5 Å². The SMILES string of the molecule is CCCO[N+](=O)[O-].c1cc[nH]c1. The lowest BCUT2D eigenvalue weighted by atomic mass is 10.5. The van der Waals surface area contributed by atoms with Crippen LogP contribution in [0.25, 0.3) is 0 Å². The molecule has 0 aliphatic heterocycles. The predicted molar refractivity (Wildman–Crippen MR) is 44.0 cm³/mol. The highest BCUT2D eigenvalue weighted by Crippen LogP contribution is 1.77. The van der Waals surface area contributed by atoms with Crippen molar-refractivity contribution in [1.82, 2.24) is 4.98 Å². The zero-order valence-corrected chi connectivity index (χ0v) is 6.90. The first-order valence-electron chi connectivity index (χ1n) is 3.62. The molecule has 0 spiro atoms. The Balaban J connectivity index is 0.000000211. The van der Waals surface area contributed by atoms with E-state index < -0.39 is 5.09 Å². The molecule has 12 heavy (non-hydrogen) atoms. The van der Waals surface area contributed by atoms with E-state index in [1.807, 2.05) is 31.5 Å². The highest BCUT2D eigenvalue weighted by molar-refractivity contribution is 4.84. The second-order valence-corrected chi connectivity index (χ2v) is 1.94. The Bertz CT molecular complexity index is 169. The molecule has 0 aliphatic rings. The molecule has 1 aromatic heterocycles. The van der Waals surface area contributed by atoms with Gasteiger partial charge in [-0.25, -0.2) is 0 Å². The number of nitrogens with zero attached hydrogens (tertiary/aromatic N) is 1. The molecule has 0 amide bonds. The minimum absolute atomic E-state index is 0.201. The van der Waals surface area contributed by atoms with Crippen molar-refractivity contribution in [3.05, 3.63) is 34.6 Å². The van der Waals surface area contributed by atoms with E-state index in [0.717, 1.165) is 0 Å². The van der Waals surface area contributed by atoms with Crippen LogP contribution in [-0.2, 0) is 4.84 Å². The van der Waals surface area contributed by atoms with Gasteiger partial charge in [-0.1, -0.05) is 6.92 Å². The molecule has 0 fully saturated rings. The van der Waals surface area contributed by atoms with E-state index in [-0.39, 0.29) is 6.61 Å². The number of rotatable bonds is 3. The molecule has 0 saturated carbocycles. The van der Waals surface area contributed by atoms with Crippen molar-refractivity contribution in [3.63, 3.8) is 0 Å². The lowest BCUT2D eigenvalue weighted by Gasteiger charge is -1.88. The Morgan fingerprint density at radius 1 is 1.50 bits per heavy atom. The van der Waals surface area contributed by atoms with Gasteiger partial charge in [-0.05, 0) is 18.6 Å². The summed E-state index contributed by atoms with van der Waals surface area (Å²) in [6.45, 7) is 2.01. The van der Waals surface area contributed by atoms with Crippen LogP contribution in [0.5, 0.6) is 0 Å². The van der Waals surface area contributed by atoms with Crippen LogP contribution in [0.3, 0.4) is 0 Å². The second-order valence-electron chi connectivity index (χ2n) is 1.94. The van der Waals surface area contributed by atoms with Crippen molar-refractivity contribution in [2.75, 3.05) is 6.61 Å². The van der Waals surface area contributed by atoms with Crippen LogP contribution in [0.1, 0.15) is 13.3 Å². The summed E-state index contributed by atoms with van der Waals surface area (Å²) >= 11 is 0. The van der Waals surface area contributed by atoms with Gasteiger partial charge in [0, 0.05) is 12.4 Å². The van der Waals surface area contributed by atoms with E-state index in [0.29, 0.717) is 6.42 Å². The fourth-order valence-corrected chi connectivity index (χ4v) is 0.444. The Morgan fingerprint density at radius 2 is 2.08 bits per heavy atom. The van der Waals surface area contributed by atoms with E-state index in [1.54, 1.807) is 0 Å². The van der Waals surface area contributed by atoms with Gasteiger partial charge in [0.15, 0.2) is 0 Å². The zero-order valence-electron chi connectivity index (χ0n) is 6.90. The average Bonchev–Trinajstić information content (AvgIpc) is 2.57. The molecule has 1 aromatic rings. The number of H-pyrrole nitrogens is 1. The van der Waals surface area contributed by atoms with E-state index in [2.05, 4.69) is 9.82 Å². The molecule has 5 nitrogen and oxygen atoms in total. The number of aromatic nitrogens is 1. The van der Waals surface area contributed by atoms with Crippen LogP contribution in [0, 0.1) is 10.1 Å². The van der Waals surface area contributed by atoms with Gasteiger partial charge in [0.1, 0.15) is 0 Å². The summed E-state index contributed by atoms with van der Waals surface area (Å²) in [6.07, 6.45) is 4.43. The van der Waals surface area contributed by atoms with Gasteiger partial charge in [0.2, 0.25) is 0 Å². The van der Waals surface area contributed by atoms with Crippen LogP contribution in [0.4, 0.5) is 0 Å². The van der Waals surface area contributed by atoms with Crippen LogP contribution in [-0.4, -0.2) is 16.7 Å². The Hall–Kier alpha value is -1.52. The van der Waals surface area contributed by atoms with Crippen molar-refractivity contribution < 1.29 is 9.92 Å². The number of nitrogens with one attached hydrogen (secondary N) is 1. The highest BCUT2D eigenvalue weighted by atomic mass is 16.9. The summed E-state index contributed by atoms with van der Waals surface area (Å²) in [6, 6.07) is 3.89. The van der Waals surface area contributed by atoms with Crippen molar-refractivity contribution >= 4 is 0 Å². The third-order valence-corrected chi connectivity index (χ3v) is 0.897. The highest BCUT2D eigenvalue weighted by Gasteiger charge is 1.87. The van der Waals surface area contributed by atoms with Crippen LogP contribution >= 0.6 is 0 Å². The molecule has 1 heterocycles. The average molecular weight is 172 g/mol. The third kappa shape index (κ3) is 8.48. The fraction of sp³-hybridized carbons (Fsp3) is 0.429. The van der Waals surface area contributed by atoms with Crippen molar-refractivity contribution in [2.45, 2.75) is 13.3 Å². The van der Waals surface area contributed by atoms with E-state index >= 15 is 0 Å². The topological polar surface area (TPSA) is 68.2 Å². The molecule has 0 aromatic carbocycles. The molecular weight excluding hydrogens is 160 g/mol. The van der Waals surface area contributed by atoms with Gasteiger partial charge in [-0.3, -0.25) is 0 Å². The quantitative estimate of drug-likeness (QED) is 0.556. The van der Waals surface area contributed by atoms with Gasteiger partial charge >= 0.3 is 0 Å². The molecule has 0 radical (unpaired) electrons. The van der Waals surface area contributed by atoms with E-state index in [4.69, 9.17) is 0 Å². The van der Waals surface area contributed by atoms with E-state index in [9.17, 15) is 10.1 Å². The maximum atomic E-state index is 9.34. The molecule has 0 saturated heterocycles.